The molecule has 1 amide bonds. The van der Waals surface area contributed by atoms with Crippen LogP contribution in [0.3, 0.4) is 0 Å². The first-order valence-electron chi connectivity index (χ1n) is 9.49. The van der Waals surface area contributed by atoms with Gasteiger partial charge in [0.05, 0.1) is 4.90 Å². The van der Waals surface area contributed by atoms with E-state index in [-0.39, 0.29) is 17.3 Å². The van der Waals surface area contributed by atoms with Crippen molar-refractivity contribution in [2.24, 2.45) is 0 Å². The predicted molar refractivity (Wildman–Crippen MR) is 108 cm³/mol. The molecule has 1 aliphatic rings. The molecule has 0 fully saturated rings. The van der Waals surface area contributed by atoms with Crippen molar-refractivity contribution in [1.29, 1.82) is 0 Å². The summed E-state index contributed by atoms with van der Waals surface area (Å²) in [6.07, 6.45) is 11.0. The fourth-order valence-corrected chi connectivity index (χ4v) is 4.20. The first kappa shape index (κ1) is 20.2. The predicted octanol–water partition coefficient (Wildman–Crippen LogP) is 3.18. The SMILES string of the molecule is O=C(NCCC1=CCCCC1)c1cccc(S(=O)(=O)NCc2cccnc2)c1. The summed E-state index contributed by atoms with van der Waals surface area (Å²) in [5.41, 5.74) is 2.49. The average molecular weight is 400 g/mol. The van der Waals surface area contributed by atoms with Crippen LogP contribution in [-0.2, 0) is 16.6 Å². The lowest BCUT2D eigenvalue weighted by Crippen LogP contribution is -2.26. The van der Waals surface area contributed by atoms with Gasteiger partial charge in [0.2, 0.25) is 10.0 Å². The molecule has 0 atom stereocenters. The molecule has 28 heavy (non-hydrogen) atoms. The monoisotopic (exact) mass is 399 g/mol. The third kappa shape index (κ3) is 5.74. The molecular weight excluding hydrogens is 374 g/mol. The molecule has 7 heteroatoms. The van der Waals surface area contributed by atoms with E-state index in [4.69, 9.17) is 0 Å². The van der Waals surface area contributed by atoms with Gasteiger partial charge in [-0.15, -0.1) is 0 Å². The minimum atomic E-state index is -3.72. The van der Waals surface area contributed by atoms with E-state index in [1.54, 1.807) is 36.7 Å². The topological polar surface area (TPSA) is 88.2 Å². The lowest BCUT2D eigenvalue weighted by Gasteiger charge is -2.13. The second-order valence-electron chi connectivity index (χ2n) is 6.83. The summed E-state index contributed by atoms with van der Waals surface area (Å²) in [6, 6.07) is 9.63. The second kappa shape index (κ2) is 9.61. The van der Waals surface area contributed by atoms with Gasteiger partial charge in [-0.05, 0) is 61.9 Å². The molecule has 1 aromatic carbocycles. The second-order valence-corrected chi connectivity index (χ2v) is 8.59. The fraction of sp³-hybridized carbons (Fsp3) is 0.333. The van der Waals surface area contributed by atoms with E-state index in [0.29, 0.717) is 12.1 Å². The number of pyridine rings is 1. The van der Waals surface area contributed by atoms with Gasteiger partial charge in [-0.2, -0.15) is 0 Å². The molecule has 0 saturated carbocycles. The molecule has 1 heterocycles. The summed E-state index contributed by atoms with van der Waals surface area (Å²) in [4.78, 5) is 16.4. The summed E-state index contributed by atoms with van der Waals surface area (Å²) in [6.45, 7) is 0.697. The van der Waals surface area contributed by atoms with Crippen LogP contribution in [0.15, 0.2) is 65.3 Å². The molecular formula is C21H25N3O3S. The number of carbonyl (C=O) groups excluding carboxylic acids is 1. The number of nitrogens with zero attached hydrogens (tertiary/aromatic N) is 1. The van der Waals surface area contributed by atoms with Crippen LogP contribution < -0.4 is 10.0 Å². The quantitative estimate of drug-likeness (QED) is 0.668. The number of sulfonamides is 1. The van der Waals surface area contributed by atoms with Gasteiger partial charge in [-0.25, -0.2) is 13.1 Å². The van der Waals surface area contributed by atoms with Crippen molar-refractivity contribution in [3.63, 3.8) is 0 Å². The molecule has 0 unspecified atom stereocenters. The highest BCUT2D eigenvalue weighted by Gasteiger charge is 2.16. The Morgan fingerprint density at radius 3 is 2.79 bits per heavy atom. The number of allylic oxidation sites excluding steroid dienone is 1. The van der Waals surface area contributed by atoms with Crippen LogP contribution in [0.4, 0.5) is 0 Å². The van der Waals surface area contributed by atoms with E-state index in [1.807, 2.05) is 0 Å². The fourth-order valence-electron chi connectivity index (χ4n) is 3.14. The standard InChI is InChI=1S/C21H25N3O3S/c25-21(23-13-11-17-6-2-1-3-7-17)19-9-4-10-20(14-19)28(26,27)24-16-18-8-5-12-22-15-18/h4-6,8-10,12,14-15,24H,1-3,7,11,13,16H2,(H,23,25). The van der Waals surface area contributed by atoms with E-state index >= 15 is 0 Å². The molecule has 1 aliphatic carbocycles. The van der Waals surface area contributed by atoms with Gasteiger partial charge in [0.15, 0.2) is 0 Å². The largest absolute Gasteiger partial charge is 0.352 e. The summed E-state index contributed by atoms with van der Waals surface area (Å²) in [5, 5.41) is 2.88. The first-order chi connectivity index (χ1) is 13.5. The van der Waals surface area contributed by atoms with Crippen LogP contribution in [-0.4, -0.2) is 25.9 Å². The van der Waals surface area contributed by atoms with E-state index in [9.17, 15) is 13.2 Å². The van der Waals surface area contributed by atoms with Gasteiger partial charge in [0, 0.05) is 31.0 Å². The van der Waals surface area contributed by atoms with Crippen LogP contribution in [0.2, 0.25) is 0 Å². The Balaban J connectivity index is 1.58. The summed E-state index contributed by atoms with van der Waals surface area (Å²) in [5.74, 6) is -0.263. The number of amides is 1. The molecule has 6 nitrogen and oxygen atoms in total. The van der Waals surface area contributed by atoms with Crippen LogP contribution in [0, 0.1) is 0 Å². The van der Waals surface area contributed by atoms with Crippen molar-refractivity contribution in [2.75, 3.05) is 6.54 Å². The Labute approximate surface area is 166 Å². The lowest BCUT2D eigenvalue weighted by molar-refractivity contribution is 0.0954. The van der Waals surface area contributed by atoms with Crippen LogP contribution in [0.25, 0.3) is 0 Å². The van der Waals surface area contributed by atoms with Crippen molar-refractivity contribution in [1.82, 2.24) is 15.0 Å². The van der Waals surface area contributed by atoms with E-state index in [2.05, 4.69) is 21.1 Å². The number of hydrogen-bond acceptors (Lipinski definition) is 4. The van der Waals surface area contributed by atoms with E-state index < -0.39 is 10.0 Å². The Bertz CT molecular complexity index is 940. The molecule has 0 spiro atoms. The van der Waals surface area contributed by atoms with Gasteiger partial charge in [-0.3, -0.25) is 9.78 Å². The number of aromatic nitrogens is 1. The zero-order valence-electron chi connectivity index (χ0n) is 15.7. The van der Waals surface area contributed by atoms with Gasteiger partial charge in [-0.1, -0.05) is 23.8 Å². The number of benzene rings is 1. The zero-order valence-corrected chi connectivity index (χ0v) is 16.5. The number of nitrogens with one attached hydrogen (secondary N) is 2. The molecule has 0 bridgehead atoms. The van der Waals surface area contributed by atoms with E-state index in [1.165, 1.54) is 30.5 Å². The maximum atomic E-state index is 12.5. The highest BCUT2D eigenvalue weighted by Crippen LogP contribution is 2.19. The lowest BCUT2D eigenvalue weighted by atomic mass is 9.97. The van der Waals surface area contributed by atoms with Crippen LogP contribution >= 0.6 is 0 Å². The van der Waals surface area contributed by atoms with Gasteiger partial charge in [0.1, 0.15) is 0 Å². The summed E-state index contributed by atoms with van der Waals surface area (Å²) >= 11 is 0. The molecule has 3 rings (SSSR count). The van der Waals surface area contributed by atoms with Crippen molar-refractivity contribution < 1.29 is 13.2 Å². The molecule has 2 aromatic rings. The Morgan fingerprint density at radius 1 is 1.14 bits per heavy atom. The summed E-state index contributed by atoms with van der Waals surface area (Å²) in [7, 11) is -3.72. The minimum absolute atomic E-state index is 0.0685. The molecule has 2 N–H and O–H groups in total. The maximum Gasteiger partial charge on any atom is 0.251 e. The maximum absolute atomic E-state index is 12.5. The summed E-state index contributed by atoms with van der Waals surface area (Å²) < 4.78 is 27.6. The normalized spacial score (nSPS) is 14.4. The number of hydrogen-bond donors (Lipinski definition) is 2. The van der Waals surface area contributed by atoms with Crippen LogP contribution in [0.5, 0.6) is 0 Å². The number of rotatable bonds is 8. The Hall–Kier alpha value is -2.51. The molecule has 0 aliphatic heterocycles. The number of carbonyl (C=O) groups is 1. The van der Waals surface area contributed by atoms with Crippen LogP contribution in [0.1, 0.15) is 48.0 Å². The highest BCUT2D eigenvalue weighted by molar-refractivity contribution is 7.89. The van der Waals surface area contributed by atoms with Crippen molar-refractivity contribution in [3.05, 3.63) is 71.6 Å². The average Bonchev–Trinajstić information content (AvgIpc) is 2.74. The first-order valence-corrected chi connectivity index (χ1v) is 11.0. The Morgan fingerprint density at radius 2 is 2.04 bits per heavy atom. The molecule has 0 saturated heterocycles. The van der Waals surface area contributed by atoms with Crippen molar-refractivity contribution in [3.8, 4) is 0 Å². The third-order valence-electron chi connectivity index (χ3n) is 4.71. The molecule has 148 valence electrons. The van der Waals surface area contributed by atoms with Gasteiger partial charge >= 0.3 is 0 Å². The van der Waals surface area contributed by atoms with Gasteiger partial charge in [0.25, 0.3) is 5.91 Å². The van der Waals surface area contributed by atoms with Gasteiger partial charge < -0.3 is 5.32 Å². The highest BCUT2D eigenvalue weighted by atomic mass is 32.2. The zero-order chi connectivity index (χ0) is 19.8. The van der Waals surface area contributed by atoms with Crippen molar-refractivity contribution >= 4 is 15.9 Å². The van der Waals surface area contributed by atoms with E-state index in [0.717, 1.165) is 24.8 Å². The van der Waals surface area contributed by atoms with Crippen molar-refractivity contribution in [2.45, 2.75) is 43.5 Å². The molecule has 0 radical (unpaired) electrons. The molecule has 1 aromatic heterocycles. The minimum Gasteiger partial charge on any atom is -0.352 e. The third-order valence-corrected chi connectivity index (χ3v) is 6.11. The Kier molecular flexibility index (Phi) is 6.95. The smallest absolute Gasteiger partial charge is 0.251 e.